The van der Waals surface area contributed by atoms with Crippen molar-refractivity contribution >= 4 is 11.9 Å². The maximum absolute atomic E-state index is 13.0. The van der Waals surface area contributed by atoms with Crippen LogP contribution in [0.15, 0.2) is 60.9 Å². The number of anilines is 1. The van der Waals surface area contributed by atoms with E-state index in [1.165, 1.54) is 0 Å². The van der Waals surface area contributed by atoms with E-state index in [0.29, 0.717) is 31.3 Å². The normalized spacial score (nSPS) is 10.4. The molecule has 27 heavy (non-hydrogen) atoms. The molecule has 6 heteroatoms. The van der Waals surface area contributed by atoms with Crippen LogP contribution in [0.25, 0.3) is 0 Å². The minimum absolute atomic E-state index is 0.101. The Bertz CT molecular complexity index is 884. The van der Waals surface area contributed by atoms with Crippen LogP contribution in [0.4, 0.5) is 5.95 Å². The topological polar surface area (TPSA) is 71.0 Å². The van der Waals surface area contributed by atoms with Crippen molar-refractivity contribution in [2.75, 3.05) is 11.9 Å². The molecule has 6 nitrogen and oxygen atoms in total. The van der Waals surface area contributed by atoms with Gasteiger partial charge in [0.25, 0.3) is 5.91 Å². The minimum Gasteiger partial charge on any atom is -0.350 e. The summed E-state index contributed by atoms with van der Waals surface area (Å²) in [6.45, 7) is 5.54. The summed E-state index contributed by atoms with van der Waals surface area (Å²) in [4.78, 5) is 27.6. The number of nitrogens with one attached hydrogen (secondary N) is 1. The molecule has 0 radical (unpaired) electrons. The van der Waals surface area contributed by atoms with E-state index in [1.54, 1.807) is 23.4 Å². The van der Waals surface area contributed by atoms with E-state index in [4.69, 9.17) is 0 Å². The lowest BCUT2D eigenvalue weighted by Gasteiger charge is -2.21. The van der Waals surface area contributed by atoms with E-state index in [9.17, 15) is 4.79 Å². The number of aryl methyl sites for hydroxylation is 1. The summed E-state index contributed by atoms with van der Waals surface area (Å²) >= 11 is 0. The fourth-order valence-electron chi connectivity index (χ4n) is 2.73. The van der Waals surface area contributed by atoms with Gasteiger partial charge in [0.2, 0.25) is 5.95 Å². The first kappa shape index (κ1) is 18.5. The van der Waals surface area contributed by atoms with Crippen LogP contribution in [-0.4, -0.2) is 32.3 Å². The predicted octanol–water partition coefficient (Wildman–Crippen LogP) is 3.45. The molecule has 0 atom stereocenters. The van der Waals surface area contributed by atoms with Gasteiger partial charge in [0.05, 0.1) is 0 Å². The Labute approximate surface area is 159 Å². The fourth-order valence-corrected chi connectivity index (χ4v) is 2.73. The molecule has 0 unspecified atom stereocenters. The summed E-state index contributed by atoms with van der Waals surface area (Å²) in [7, 11) is 0. The number of hydrogen-bond acceptors (Lipinski definition) is 5. The average molecular weight is 361 g/mol. The number of hydrogen-bond donors (Lipinski definition) is 1. The fraction of sp³-hybridized carbons (Fsp3) is 0.238. The SMILES string of the molecule is CCN(Cc1ccccc1)C(=O)c1cc(C)nc(NCc2cccnc2)n1. The Kier molecular flexibility index (Phi) is 6.10. The molecule has 0 aliphatic carbocycles. The number of aromatic nitrogens is 3. The lowest BCUT2D eigenvalue weighted by molar-refractivity contribution is 0.0746. The minimum atomic E-state index is -0.101. The summed E-state index contributed by atoms with van der Waals surface area (Å²) in [5.74, 6) is 0.342. The van der Waals surface area contributed by atoms with E-state index in [2.05, 4.69) is 20.3 Å². The van der Waals surface area contributed by atoms with Crippen LogP contribution in [0.1, 0.15) is 34.2 Å². The second-order valence-corrected chi connectivity index (χ2v) is 6.24. The Balaban J connectivity index is 1.74. The second kappa shape index (κ2) is 8.89. The van der Waals surface area contributed by atoms with Crippen LogP contribution in [-0.2, 0) is 13.1 Å². The van der Waals surface area contributed by atoms with Crippen LogP contribution >= 0.6 is 0 Å². The zero-order chi connectivity index (χ0) is 19.1. The van der Waals surface area contributed by atoms with Crippen molar-refractivity contribution in [3.8, 4) is 0 Å². The first-order chi connectivity index (χ1) is 13.2. The molecule has 2 heterocycles. The zero-order valence-electron chi connectivity index (χ0n) is 15.6. The average Bonchev–Trinajstić information content (AvgIpc) is 2.71. The van der Waals surface area contributed by atoms with Crippen LogP contribution in [0.3, 0.4) is 0 Å². The lowest BCUT2D eigenvalue weighted by Crippen LogP contribution is -2.31. The first-order valence-corrected chi connectivity index (χ1v) is 8.97. The maximum atomic E-state index is 13.0. The lowest BCUT2D eigenvalue weighted by atomic mass is 10.2. The van der Waals surface area contributed by atoms with Crippen molar-refractivity contribution in [2.45, 2.75) is 26.9 Å². The molecule has 0 bridgehead atoms. The molecule has 1 amide bonds. The highest BCUT2D eigenvalue weighted by Crippen LogP contribution is 2.12. The van der Waals surface area contributed by atoms with Crippen LogP contribution in [0, 0.1) is 6.92 Å². The second-order valence-electron chi connectivity index (χ2n) is 6.24. The van der Waals surface area contributed by atoms with Gasteiger partial charge in [-0.15, -0.1) is 0 Å². The van der Waals surface area contributed by atoms with Gasteiger partial charge < -0.3 is 10.2 Å². The Morgan fingerprint density at radius 2 is 1.85 bits per heavy atom. The summed E-state index contributed by atoms with van der Waals surface area (Å²) in [5, 5.41) is 3.17. The molecule has 138 valence electrons. The van der Waals surface area contributed by atoms with Gasteiger partial charge in [0.15, 0.2) is 0 Å². The molecular weight excluding hydrogens is 338 g/mol. The van der Waals surface area contributed by atoms with Crippen LogP contribution < -0.4 is 5.32 Å². The molecule has 0 aliphatic rings. The van der Waals surface area contributed by atoms with E-state index in [-0.39, 0.29) is 5.91 Å². The standard InChI is InChI=1S/C21H23N5O/c1-3-26(15-17-8-5-4-6-9-17)20(27)19-12-16(2)24-21(25-19)23-14-18-10-7-11-22-13-18/h4-13H,3,14-15H2,1-2H3,(H,23,24,25). The van der Waals surface area contributed by atoms with Crippen LogP contribution in [0.2, 0.25) is 0 Å². The third kappa shape index (κ3) is 5.10. The molecule has 3 aromatic rings. The zero-order valence-corrected chi connectivity index (χ0v) is 15.6. The highest BCUT2D eigenvalue weighted by atomic mass is 16.2. The number of pyridine rings is 1. The van der Waals surface area contributed by atoms with Crippen molar-refractivity contribution in [2.24, 2.45) is 0 Å². The predicted molar refractivity (Wildman–Crippen MR) is 105 cm³/mol. The summed E-state index contributed by atoms with van der Waals surface area (Å²) in [6, 6.07) is 15.5. The Morgan fingerprint density at radius 1 is 1.07 bits per heavy atom. The molecule has 1 aromatic carbocycles. The molecule has 1 N–H and O–H groups in total. The molecular formula is C21H23N5O. The quantitative estimate of drug-likeness (QED) is 0.698. The van der Waals surface area contributed by atoms with Crippen molar-refractivity contribution in [1.82, 2.24) is 19.9 Å². The van der Waals surface area contributed by atoms with Crippen molar-refractivity contribution in [3.63, 3.8) is 0 Å². The Hall–Kier alpha value is -3.28. The van der Waals surface area contributed by atoms with Gasteiger partial charge in [-0.25, -0.2) is 9.97 Å². The van der Waals surface area contributed by atoms with Gasteiger partial charge >= 0.3 is 0 Å². The molecule has 0 saturated carbocycles. The van der Waals surface area contributed by atoms with Gasteiger partial charge in [0, 0.05) is 37.7 Å². The maximum Gasteiger partial charge on any atom is 0.272 e. The third-order valence-electron chi connectivity index (χ3n) is 4.13. The van der Waals surface area contributed by atoms with E-state index in [0.717, 1.165) is 16.8 Å². The number of benzene rings is 1. The monoisotopic (exact) mass is 361 g/mol. The van der Waals surface area contributed by atoms with E-state index >= 15 is 0 Å². The number of amides is 1. The molecule has 0 spiro atoms. The smallest absolute Gasteiger partial charge is 0.272 e. The van der Waals surface area contributed by atoms with Gasteiger partial charge in [-0.1, -0.05) is 36.4 Å². The molecule has 3 rings (SSSR count). The number of carbonyl (C=O) groups excluding carboxylic acids is 1. The molecule has 0 aliphatic heterocycles. The van der Waals surface area contributed by atoms with Crippen molar-refractivity contribution in [3.05, 3.63) is 83.4 Å². The van der Waals surface area contributed by atoms with Crippen LogP contribution in [0.5, 0.6) is 0 Å². The van der Waals surface area contributed by atoms with Gasteiger partial charge in [0.1, 0.15) is 5.69 Å². The third-order valence-corrected chi connectivity index (χ3v) is 4.13. The van der Waals surface area contributed by atoms with Gasteiger partial charge in [-0.05, 0) is 37.1 Å². The van der Waals surface area contributed by atoms with E-state index < -0.39 is 0 Å². The summed E-state index contributed by atoms with van der Waals surface area (Å²) < 4.78 is 0. The van der Waals surface area contributed by atoms with Gasteiger partial charge in [-0.2, -0.15) is 0 Å². The van der Waals surface area contributed by atoms with E-state index in [1.807, 2.05) is 56.3 Å². The van der Waals surface area contributed by atoms with Crippen molar-refractivity contribution < 1.29 is 4.79 Å². The largest absolute Gasteiger partial charge is 0.350 e. The number of carbonyl (C=O) groups is 1. The molecule has 0 saturated heterocycles. The van der Waals surface area contributed by atoms with Gasteiger partial charge in [-0.3, -0.25) is 9.78 Å². The number of nitrogens with zero attached hydrogens (tertiary/aromatic N) is 4. The van der Waals surface area contributed by atoms with Crippen molar-refractivity contribution in [1.29, 1.82) is 0 Å². The number of rotatable bonds is 7. The highest BCUT2D eigenvalue weighted by Gasteiger charge is 2.17. The summed E-state index contributed by atoms with van der Waals surface area (Å²) in [5.41, 5.74) is 3.26. The first-order valence-electron chi connectivity index (χ1n) is 8.97. The molecule has 2 aromatic heterocycles. The Morgan fingerprint density at radius 3 is 2.56 bits per heavy atom. The summed E-state index contributed by atoms with van der Waals surface area (Å²) in [6.07, 6.45) is 3.52. The molecule has 0 fully saturated rings. The highest BCUT2D eigenvalue weighted by molar-refractivity contribution is 5.92.